The summed E-state index contributed by atoms with van der Waals surface area (Å²) in [7, 11) is 1.88. The lowest BCUT2D eigenvalue weighted by atomic mass is 9.61. The first-order valence-electron chi connectivity index (χ1n) is 13.8. The Morgan fingerprint density at radius 3 is 2.54 bits per heavy atom. The highest BCUT2D eigenvalue weighted by Crippen LogP contribution is 2.51. The Labute approximate surface area is 252 Å². The maximum Gasteiger partial charge on any atom is 0.261 e. The topological polar surface area (TPSA) is 85.5 Å². The summed E-state index contributed by atoms with van der Waals surface area (Å²) in [6.45, 7) is 7.20. The van der Waals surface area contributed by atoms with E-state index in [0.717, 1.165) is 65.3 Å². The van der Waals surface area contributed by atoms with Gasteiger partial charge in [-0.15, -0.1) is 0 Å². The van der Waals surface area contributed by atoms with Crippen LogP contribution in [0.2, 0.25) is 5.02 Å². The summed E-state index contributed by atoms with van der Waals surface area (Å²) in [4.78, 5) is 12.2. The molecule has 12 heteroatoms. The van der Waals surface area contributed by atoms with E-state index in [2.05, 4.69) is 25.9 Å². The Kier molecular flexibility index (Phi) is 8.90. The molecular formula is C29H35BrClF2N5O3. The number of hydrogen-bond acceptors (Lipinski definition) is 7. The van der Waals surface area contributed by atoms with Crippen molar-refractivity contribution in [3.63, 3.8) is 0 Å². The van der Waals surface area contributed by atoms with Crippen molar-refractivity contribution < 1.29 is 23.4 Å². The molecule has 1 saturated carbocycles. The third-order valence-electron chi connectivity index (χ3n) is 7.94. The molecule has 1 atom stereocenters. The normalized spacial score (nSPS) is 17.2. The van der Waals surface area contributed by atoms with Crippen molar-refractivity contribution in [2.75, 3.05) is 31.2 Å². The fourth-order valence-corrected chi connectivity index (χ4v) is 6.50. The number of benzene rings is 1. The van der Waals surface area contributed by atoms with E-state index in [-0.39, 0.29) is 18.1 Å². The fourth-order valence-electron chi connectivity index (χ4n) is 5.87. The number of halogens is 4. The van der Waals surface area contributed by atoms with Crippen LogP contribution in [0.5, 0.6) is 5.75 Å². The van der Waals surface area contributed by atoms with Crippen molar-refractivity contribution >= 4 is 33.3 Å². The predicted octanol–water partition coefficient (Wildman–Crippen LogP) is 6.37. The van der Waals surface area contributed by atoms with Gasteiger partial charge >= 0.3 is 0 Å². The second kappa shape index (κ2) is 12.1. The van der Waals surface area contributed by atoms with Gasteiger partial charge in [-0.25, -0.2) is 18.7 Å². The third-order valence-corrected chi connectivity index (χ3v) is 9.03. The highest BCUT2D eigenvalue weighted by molar-refractivity contribution is 9.10. The van der Waals surface area contributed by atoms with Crippen LogP contribution in [-0.4, -0.2) is 69.8 Å². The summed E-state index contributed by atoms with van der Waals surface area (Å²) in [5, 5.41) is 15.1. The first-order chi connectivity index (χ1) is 19.5. The van der Waals surface area contributed by atoms with Gasteiger partial charge in [0.25, 0.3) is 6.43 Å². The Balaban J connectivity index is 1.47. The van der Waals surface area contributed by atoms with Crippen LogP contribution in [0.25, 0.3) is 22.8 Å². The quantitative estimate of drug-likeness (QED) is 0.257. The third kappa shape index (κ3) is 6.23. The summed E-state index contributed by atoms with van der Waals surface area (Å²) in [5.74, 6) is 1.82. The average molecular weight is 655 g/mol. The van der Waals surface area contributed by atoms with Crippen LogP contribution < -0.4 is 9.64 Å². The minimum atomic E-state index is -2.45. The molecule has 3 heterocycles. The molecule has 8 nitrogen and oxygen atoms in total. The van der Waals surface area contributed by atoms with Gasteiger partial charge in [-0.1, -0.05) is 24.9 Å². The molecule has 2 fully saturated rings. The van der Waals surface area contributed by atoms with Gasteiger partial charge in [0.1, 0.15) is 29.4 Å². The lowest BCUT2D eigenvalue weighted by Crippen LogP contribution is -2.64. The number of aromatic nitrogens is 4. The van der Waals surface area contributed by atoms with Crippen LogP contribution in [0.3, 0.4) is 0 Å². The molecule has 2 aliphatic rings. The average Bonchev–Trinajstić information content (AvgIpc) is 3.13. The van der Waals surface area contributed by atoms with Crippen LogP contribution in [0.15, 0.2) is 22.8 Å². The molecule has 3 aromatic rings. The minimum Gasteiger partial charge on any atom is -0.491 e. The molecule has 1 spiro atoms. The fraction of sp³-hybridized carbons (Fsp3) is 0.552. The molecule has 0 bridgehead atoms. The second-order valence-corrected chi connectivity index (χ2v) is 12.4. The number of aryl methyl sites for hydroxylation is 1. The molecule has 0 unspecified atom stereocenters. The number of aliphatic hydroxyl groups is 1. The molecule has 0 amide bonds. The maximum atomic E-state index is 12.6. The van der Waals surface area contributed by atoms with Crippen molar-refractivity contribution in [1.29, 1.82) is 0 Å². The van der Waals surface area contributed by atoms with Gasteiger partial charge in [-0.3, -0.25) is 4.68 Å². The van der Waals surface area contributed by atoms with Crippen LogP contribution in [0, 0.1) is 19.3 Å². The summed E-state index contributed by atoms with van der Waals surface area (Å²) in [5.41, 5.74) is 4.16. The van der Waals surface area contributed by atoms with Crippen LogP contribution in [0.1, 0.15) is 43.7 Å². The smallest absolute Gasteiger partial charge is 0.261 e. The van der Waals surface area contributed by atoms with Gasteiger partial charge in [-0.2, -0.15) is 5.10 Å². The second-order valence-electron chi connectivity index (χ2n) is 11.2. The van der Waals surface area contributed by atoms with Crippen molar-refractivity contribution in [1.82, 2.24) is 19.7 Å². The first kappa shape index (κ1) is 30.1. The first-order valence-corrected chi connectivity index (χ1v) is 15.0. The zero-order valence-corrected chi connectivity index (χ0v) is 26.0. The number of hydrogen-bond donors (Lipinski definition) is 1. The lowest BCUT2D eigenvalue weighted by Gasteiger charge is -2.59. The highest BCUT2D eigenvalue weighted by Gasteiger charge is 2.53. The van der Waals surface area contributed by atoms with E-state index >= 15 is 0 Å². The molecular weight excluding hydrogens is 620 g/mol. The van der Waals surface area contributed by atoms with E-state index in [1.54, 1.807) is 22.9 Å². The predicted molar refractivity (Wildman–Crippen MR) is 158 cm³/mol. The number of ether oxygens (including phenoxy) is 2. The monoisotopic (exact) mass is 653 g/mol. The number of rotatable bonds is 11. The van der Waals surface area contributed by atoms with E-state index < -0.39 is 19.1 Å². The van der Waals surface area contributed by atoms with Crippen molar-refractivity contribution in [2.45, 2.75) is 65.1 Å². The van der Waals surface area contributed by atoms with Crippen LogP contribution in [0.4, 0.5) is 14.6 Å². The van der Waals surface area contributed by atoms with Crippen LogP contribution in [-0.2, 0) is 11.8 Å². The molecule has 1 aliphatic carbocycles. The number of alkyl halides is 2. The van der Waals surface area contributed by atoms with Gasteiger partial charge in [0.05, 0.1) is 28.6 Å². The summed E-state index contributed by atoms with van der Waals surface area (Å²) in [6.07, 6.45) is -0.0574. The lowest BCUT2D eigenvalue weighted by molar-refractivity contribution is -0.117. The van der Waals surface area contributed by atoms with E-state index in [0.29, 0.717) is 28.6 Å². The van der Waals surface area contributed by atoms with E-state index in [1.165, 1.54) is 0 Å². The van der Waals surface area contributed by atoms with Gasteiger partial charge < -0.3 is 19.5 Å². The Morgan fingerprint density at radius 1 is 1.17 bits per heavy atom. The molecule has 0 radical (unpaired) electrons. The molecule has 41 heavy (non-hydrogen) atoms. The number of aliphatic hydroxyl groups excluding tert-OH is 1. The zero-order valence-electron chi connectivity index (χ0n) is 23.6. The summed E-state index contributed by atoms with van der Waals surface area (Å²) in [6, 6.07) is 5.32. The Hall–Kier alpha value is -2.34. The largest absolute Gasteiger partial charge is 0.491 e. The standard InChI is InChI=1S/C29H35BrClF2N5O3/c1-5-6-18(39)12-40-19-7-8-22(31)21(9-19)27-34-24(25-17(3)26(30)36-37(25)4)16(2)28(35-27)38-14-29(15-38)10-20(11-29)41-13-23(32)33/h7-9,18,20,23,39H,5-6,10-15H2,1-4H3/t18-/m1/s1. The highest BCUT2D eigenvalue weighted by atomic mass is 79.9. The summed E-state index contributed by atoms with van der Waals surface area (Å²) < 4.78 is 38.9. The Morgan fingerprint density at radius 2 is 1.90 bits per heavy atom. The molecule has 1 aromatic carbocycles. The van der Waals surface area contributed by atoms with Crippen molar-refractivity contribution in [3.8, 4) is 28.5 Å². The summed E-state index contributed by atoms with van der Waals surface area (Å²) >= 11 is 10.2. The molecule has 1 N–H and O–H groups in total. The van der Waals surface area contributed by atoms with E-state index in [1.807, 2.05) is 27.8 Å². The number of anilines is 1. The Bertz CT molecular complexity index is 1410. The molecule has 1 saturated heterocycles. The van der Waals surface area contributed by atoms with E-state index in [4.69, 9.17) is 31.0 Å². The minimum absolute atomic E-state index is 0.0563. The molecule has 1 aliphatic heterocycles. The molecule has 5 rings (SSSR count). The molecule has 2 aromatic heterocycles. The van der Waals surface area contributed by atoms with Crippen molar-refractivity contribution in [2.24, 2.45) is 12.5 Å². The molecule has 222 valence electrons. The SMILES string of the molecule is CCC[C@@H](O)COc1ccc(Cl)c(-c2nc(-c3c(C)c(Br)nn3C)c(C)c(N3CC4(CC(OCC(F)F)C4)C3)n2)c1. The van der Waals surface area contributed by atoms with Gasteiger partial charge in [0.15, 0.2) is 5.82 Å². The van der Waals surface area contributed by atoms with Gasteiger partial charge in [0.2, 0.25) is 0 Å². The van der Waals surface area contributed by atoms with E-state index in [9.17, 15) is 13.9 Å². The zero-order chi connectivity index (χ0) is 29.5. The van der Waals surface area contributed by atoms with Crippen molar-refractivity contribution in [3.05, 3.63) is 39.0 Å². The van der Waals surface area contributed by atoms with Crippen LogP contribution >= 0.6 is 27.5 Å². The van der Waals surface area contributed by atoms with Gasteiger partial charge in [0, 0.05) is 42.2 Å². The van der Waals surface area contributed by atoms with Gasteiger partial charge in [-0.05, 0) is 67.2 Å². The number of nitrogens with zero attached hydrogens (tertiary/aromatic N) is 5. The maximum absolute atomic E-state index is 12.6.